The van der Waals surface area contributed by atoms with Crippen LogP contribution in [-0.2, 0) is 23.8 Å². The van der Waals surface area contributed by atoms with Crippen LogP contribution in [0.4, 0.5) is 0 Å². The molecule has 0 aromatic heterocycles. The van der Waals surface area contributed by atoms with Crippen molar-refractivity contribution in [3.05, 3.63) is 70.8 Å². The van der Waals surface area contributed by atoms with Crippen molar-refractivity contribution in [2.75, 3.05) is 19.6 Å². The molecule has 0 saturated heterocycles. The van der Waals surface area contributed by atoms with E-state index in [0.717, 1.165) is 26.2 Å². The Morgan fingerprint density at radius 1 is 0.500 bits per heavy atom. The number of benzene rings is 2. The topological polar surface area (TPSA) is 24.1 Å². The molecule has 0 aliphatic rings. The van der Waals surface area contributed by atoms with Gasteiger partial charge in [0.05, 0.1) is 0 Å². The van der Waals surface area contributed by atoms with E-state index in [1.165, 1.54) is 60.8 Å². The van der Waals surface area contributed by atoms with Gasteiger partial charge in [-0.15, -0.1) is 0 Å². The van der Waals surface area contributed by atoms with Crippen LogP contribution in [0.2, 0.25) is 0 Å². The van der Waals surface area contributed by atoms with Gasteiger partial charge in [0, 0.05) is 6.54 Å². The first-order valence-corrected chi connectivity index (χ1v) is 12.8. The second-order valence-electron chi connectivity index (χ2n) is 11.3. The predicted molar refractivity (Wildman–Crippen MR) is 142 cm³/mol. The Balaban J connectivity index is 1.42. The number of rotatable bonds is 13. The van der Waals surface area contributed by atoms with Crippen LogP contribution in [-0.4, -0.2) is 19.6 Å². The Labute approximate surface area is 198 Å². The molecular weight excluding hydrogens is 388 g/mol. The van der Waals surface area contributed by atoms with Crippen LogP contribution in [0.1, 0.15) is 95.9 Å². The number of unbranched alkanes of at least 4 members (excludes halogenated alkanes) is 3. The monoisotopic (exact) mass is 436 g/mol. The largest absolute Gasteiger partial charge is 0.317 e. The molecule has 0 spiro atoms. The molecule has 0 unspecified atom stereocenters. The molecule has 178 valence electrons. The average Bonchev–Trinajstić information content (AvgIpc) is 2.74. The summed E-state index contributed by atoms with van der Waals surface area (Å²) in [7, 11) is 0. The van der Waals surface area contributed by atoms with Crippen molar-refractivity contribution in [2.24, 2.45) is 0 Å². The normalized spacial score (nSPS) is 12.3. The molecule has 2 aromatic carbocycles. The molecule has 0 amide bonds. The summed E-state index contributed by atoms with van der Waals surface area (Å²) in [5, 5.41) is 7.20. The molecule has 2 rings (SSSR count). The molecule has 2 N–H and O–H groups in total. The molecule has 0 aliphatic carbocycles. The zero-order valence-corrected chi connectivity index (χ0v) is 21.7. The van der Waals surface area contributed by atoms with Gasteiger partial charge in [-0.2, -0.15) is 0 Å². The van der Waals surface area contributed by atoms with Gasteiger partial charge in [-0.1, -0.05) is 96.5 Å². The molecule has 0 radical (unpaired) electrons. The molecule has 2 heteroatoms. The molecule has 0 bridgehead atoms. The highest BCUT2D eigenvalue weighted by Crippen LogP contribution is 2.23. The van der Waals surface area contributed by atoms with E-state index < -0.39 is 0 Å². The van der Waals surface area contributed by atoms with Crippen LogP contribution in [0.15, 0.2) is 48.5 Å². The lowest BCUT2D eigenvalue weighted by molar-refractivity contribution is 0.558. The first-order valence-electron chi connectivity index (χ1n) is 12.8. The lowest BCUT2D eigenvalue weighted by Gasteiger charge is -2.19. The van der Waals surface area contributed by atoms with Crippen LogP contribution < -0.4 is 10.6 Å². The standard InChI is InChI=1S/C30H48N2/c1-29(2,3)27-17-13-25(14-18-27)12-8-11-22-31-21-9-7-10-23-32-24-26-15-19-28(20-16-26)30(4,5)6/h13-20,31-32H,7-12,21-24H2,1-6H3. The van der Waals surface area contributed by atoms with Crippen molar-refractivity contribution in [1.82, 2.24) is 10.6 Å². The first-order chi connectivity index (χ1) is 15.2. The molecule has 0 heterocycles. The molecule has 0 fully saturated rings. The van der Waals surface area contributed by atoms with Crippen molar-refractivity contribution < 1.29 is 0 Å². The number of hydrogen-bond acceptors (Lipinski definition) is 2. The van der Waals surface area contributed by atoms with Gasteiger partial charge in [0.1, 0.15) is 0 Å². The molecule has 0 atom stereocenters. The fourth-order valence-electron chi connectivity index (χ4n) is 3.91. The average molecular weight is 437 g/mol. The quantitative estimate of drug-likeness (QED) is 0.326. The van der Waals surface area contributed by atoms with Gasteiger partial charge in [-0.3, -0.25) is 0 Å². The van der Waals surface area contributed by atoms with Gasteiger partial charge in [0.25, 0.3) is 0 Å². The maximum Gasteiger partial charge on any atom is 0.0205 e. The molecule has 0 aliphatic heterocycles. The van der Waals surface area contributed by atoms with Crippen LogP contribution in [0, 0.1) is 0 Å². The summed E-state index contributed by atoms with van der Waals surface area (Å²) in [6.07, 6.45) is 7.54. The van der Waals surface area contributed by atoms with E-state index in [0.29, 0.717) is 0 Å². The summed E-state index contributed by atoms with van der Waals surface area (Å²) < 4.78 is 0. The molecule has 32 heavy (non-hydrogen) atoms. The van der Waals surface area contributed by atoms with E-state index >= 15 is 0 Å². The van der Waals surface area contributed by atoms with Gasteiger partial charge in [0.15, 0.2) is 0 Å². The van der Waals surface area contributed by atoms with E-state index in [1.54, 1.807) is 0 Å². The highest BCUT2D eigenvalue weighted by molar-refractivity contribution is 5.28. The van der Waals surface area contributed by atoms with E-state index in [-0.39, 0.29) is 10.8 Å². The zero-order valence-electron chi connectivity index (χ0n) is 21.7. The summed E-state index contributed by atoms with van der Waals surface area (Å²) >= 11 is 0. The second kappa shape index (κ2) is 13.2. The zero-order chi connectivity index (χ0) is 23.5. The first kappa shape index (κ1) is 26.6. The second-order valence-corrected chi connectivity index (χ2v) is 11.3. The highest BCUT2D eigenvalue weighted by Gasteiger charge is 2.13. The molecular formula is C30H48N2. The Bertz CT molecular complexity index is 678. The van der Waals surface area contributed by atoms with Crippen molar-refractivity contribution in [3.8, 4) is 0 Å². The maximum absolute atomic E-state index is 3.61. The minimum absolute atomic E-state index is 0.234. The van der Waals surface area contributed by atoms with Crippen LogP contribution in [0.5, 0.6) is 0 Å². The Morgan fingerprint density at radius 3 is 1.44 bits per heavy atom. The summed E-state index contributed by atoms with van der Waals surface area (Å²) in [6.45, 7) is 18.0. The summed E-state index contributed by atoms with van der Waals surface area (Å²) in [4.78, 5) is 0. The van der Waals surface area contributed by atoms with Crippen molar-refractivity contribution in [3.63, 3.8) is 0 Å². The van der Waals surface area contributed by atoms with Crippen LogP contribution >= 0.6 is 0 Å². The Hall–Kier alpha value is -1.64. The third-order valence-electron chi connectivity index (χ3n) is 6.25. The number of hydrogen-bond donors (Lipinski definition) is 2. The third kappa shape index (κ3) is 10.3. The van der Waals surface area contributed by atoms with E-state index in [9.17, 15) is 0 Å². The Kier molecular flexibility index (Phi) is 10.9. The van der Waals surface area contributed by atoms with Crippen molar-refractivity contribution in [1.29, 1.82) is 0 Å². The van der Waals surface area contributed by atoms with Crippen molar-refractivity contribution >= 4 is 0 Å². The van der Waals surface area contributed by atoms with Gasteiger partial charge in [-0.05, 0) is 84.8 Å². The van der Waals surface area contributed by atoms with Crippen LogP contribution in [0.25, 0.3) is 0 Å². The van der Waals surface area contributed by atoms with Gasteiger partial charge >= 0.3 is 0 Å². The SMILES string of the molecule is CC(C)(C)c1ccc(CCCCNCCCCCNCc2ccc(C(C)(C)C)cc2)cc1. The van der Waals surface area contributed by atoms with Gasteiger partial charge in [0.2, 0.25) is 0 Å². The van der Waals surface area contributed by atoms with Gasteiger partial charge in [-0.25, -0.2) is 0 Å². The minimum atomic E-state index is 0.234. The van der Waals surface area contributed by atoms with E-state index in [4.69, 9.17) is 0 Å². The predicted octanol–water partition coefficient (Wildman–Crippen LogP) is 7.15. The Morgan fingerprint density at radius 2 is 0.938 bits per heavy atom. The summed E-state index contributed by atoms with van der Waals surface area (Å²) in [5.74, 6) is 0. The smallest absolute Gasteiger partial charge is 0.0205 e. The highest BCUT2D eigenvalue weighted by atomic mass is 14.9. The van der Waals surface area contributed by atoms with Crippen LogP contribution in [0.3, 0.4) is 0 Å². The lowest BCUT2D eigenvalue weighted by atomic mass is 9.86. The summed E-state index contributed by atoms with van der Waals surface area (Å²) in [6, 6.07) is 18.3. The van der Waals surface area contributed by atoms with Gasteiger partial charge < -0.3 is 10.6 Å². The van der Waals surface area contributed by atoms with E-state index in [1.807, 2.05) is 0 Å². The minimum Gasteiger partial charge on any atom is -0.317 e. The third-order valence-corrected chi connectivity index (χ3v) is 6.25. The molecule has 2 aromatic rings. The molecule has 2 nitrogen and oxygen atoms in total. The van der Waals surface area contributed by atoms with E-state index in [2.05, 4.69) is 101 Å². The summed E-state index contributed by atoms with van der Waals surface area (Å²) in [5.41, 5.74) is 6.16. The lowest BCUT2D eigenvalue weighted by Crippen LogP contribution is -2.18. The maximum atomic E-state index is 3.61. The number of nitrogens with one attached hydrogen (secondary N) is 2. The fourth-order valence-corrected chi connectivity index (χ4v) is 3.91. The number of aryl methyl sites for hydroxylation is 1. The van der Waals surface area contributed by atoms with Crippen molar-refractivity contribution in [2.45, 2.75) is 97.4 Å². The molecule has 0 saturated carbocycles. The fraction of sp³-hybridized carbons (Fsp3) is 0.600.